The highest BCUT2D eigenvalue weighted by Gasteiger charge is 2.28. The van der Waals surface area contributed by atoms with Crippen LogP contribution in [-0.2, 0) is 9.59 Å². The van der Waals surface area contributed by atoms with E-state index in [0.717, 1.165) is 25.5 Å². The Bertz CT molecular complexity index is 306. The molecule has 4 heteroatoms. The van der Waals surface area contributed by atoms with Gasteiger partial charge in [0.15, 0.2) is 0 Å². The van der Waals surface area contributed by atoms with Gasteiger partial charge in [0.1, 0.15) is 5.78 Å². The lowest BCUT2D eigenvalue weighted by Gasteiger charge is -2.25. The van der Waals surface area contributed by atoms with Crippen LogP contribution in [0.3, 0.4) is 0 Å². The van der Waals surface area contributed by atoms with E-state index in [-0.39, 0.29) is 23.4 Å². The van der Waals surface area contributed by atoms with Crippen LogP contribution in [0.2, 0.25) is 0 Å². The third kappa shape index (κ3) is 3.40. The lowest BCUT2D eigenvalue weighted by atomic mass is 9.78. The maximum atomic E-state index is 11.6. The SMILES string of the molecule is CC(CC(=O)C=[N+]=[N-])C1CCCCC1=O. The summed E-state index contributed by atoms with van der Waals surface area (Å²) < 4.78 is 0. The summed E-state index contributed by atoms with van der Waals surface area (Å²) in [5.74, 6) is 0.143. The Kier molecular flexibility index (Phi) is 4.37. The topological polar surface area (TPSA) is 70.5 Å². The summed E-state index contributed by atoms with van der Waals surface area (Å²) in [4.78, 5) is 25.5. The minimum Gasteiger partial charge on any atom is -0.361 e. The van der Waals surface area contributed by atoms with E-state index in [4.69, 9.17) is 5.53 Å². The zero-order valence-corrected chi connectivity index (χ0v) is 8.98. The van der Waals surface area contributed by atoms with Gasteiger partial charge >= 0.3 is 6.21 Å². The second-order valence-electron chi connectivity index (χ2n) is 4.21. The first kappa shape index (κ1) is 11.8. The van der Waals surface area contributed by atoms with Crippen molar-refractivity contribution >= 4 is 17.8 Å². The fraction of sp³-hybridized carbons (Fsp3) is 0.727. The van der Waals surface area contributed by atoms with Gasteiger partial charge in [0.25, 0.3) is 0 Å². The van der Waals surface area contributed by atoms with Crippen LogP contribution < -0.4 is 0 Å². The molecule has 1 saturated carbocycles. The van der Waals surface area contributed by atoms with Gasteiger partial charge in [0, 0.05) is 18.8 Å². The highest BCUT2D eigenvalue weighted by atomic mass is 16.1. The molecule has 0 aliphatic heterocycles. The Morgan fingerprint density at radius 1 is 1.67 bits per heavy atom. The molecular weight excluding hydrogens is 192 g/mol. The van der Waals surface area contributed by atoms with Crippen molar-refractivity contribution in [2.24, 2.45) is 11.8 Å². The Balaban J connectivity index is 2.51. The molecule has 1 aliphatic rings. The van der Waals surface area contributed by atoms with Gasteiger partial charge in [-0.3, -0.25) is 9.59 Å². The van der Waals surface area contributed by atoms with Crippen molar-refractivity contribution in [1.82, 2.24) is 0 Å². The molecule has 2 unspecified atom stereocenters. The van der Waals surface area contributed by atoms with Gasteiger partial charge < -0.3 is 5.53 Å². The van der Waals surface area contributed by atoms with Crippen molar-refractivity contribution in [2.45, 2.75) is 39.0 Å². The van der Waals surface area contributed by atoms with E-state index in [0.29, 0.717) is 12.8 Å². The molecule has 1 rings (SSSR count). The minimum absolute atomic E-state index is 0.0230. The number of rotatable bonds is 4. The van der Waals surface area contributed by atoms with Crippen LogP contribution in [0, 0.1) is 11.8 Å². The smallest absolute Gasteiger partial charge is 0.323 e. The quantitative estimate of drug-likeness (QED) is 0.400. The molecule has 0 amide bonds. The highest BCUT2D eigenvalue weighted by molar-refractivity contribution is 6.25. The van der Waals surface area contributed by atoms with Crippen molar-refractivity contribution in [1.29, 1.82) is 0 Å². The molecule has 0 N–H and O–H groups in total. The maximum absolute atomic E-state index is 11.6. The molecule has 2 atom stereocenters. The number of hydrogen-bond acceptors (Lipinski definition) is 2. The van der Waals surface area contributed by atoms with Crippen molar-refractivity contribution in [3.63, 3.8) is 0 Å². The fourth-order valence-electron chi connectivity index (χ4n) is 2.19. The predicted molar refractivity (Wildman–Crippen MR) is 55.4 cm³/mol. The van der Waals surface area contributed by atoms with Crippen molar-refractivity contribution in [3.05, 3.63) is 5.53 Å². The Morgan fingerprint density at radius 2 is 2.40 bits per heavy atom. The van der Waals surface area contributed by atoms with Crippen LogP contribution in [0.25, 0.3) is 5.53 Å². The third-order valence-electron chi connectivity index (χ3n) is 3.01. The van der Waals surface area contributed by atoms with Crippen LogP contribution >= 0.6 is 0 Å². The Morgan fingerprint density at radius 3 is 3.00 bits per heavy atom. The Labute approximate surface area is 89.3 Å². The number of ketones is 2. The summed E-state index contributed by atoms with van der Waals surface area (Å²) in [5.41, 5.74) is 8.19. The highest BCUT2D eigenvalue weighted by Crippen LogP contribution is 2.28. The van der Waals surface area contributed by atoms with Gasteiger partial charge in [0.2, 0.25) is 5.78 Å². The van der Waals surface area contributed by atoms with Crippen LogP contribution in [0.15, 0.2) is 0 Å². The molecule has 0 aromatic rings. The molecular formula is C11H16N2O2. The van der Waals surface area contributed by atoms with Crippen LogP contribution in [0.5, 0.6) is 0 Å². The summed E-state index contributed by atoms with van der Waals surface area (Å²) in [5, 5.41) is 0. The molecule has 0 radical (unpaired) electrons. The first-order chi connectivity index (χ1) is 7.15. The first-order valence-electron chi connectivity index (χ1n) is 5.38. The van der Waals surface area contributed by atoms with Gasteiger partial charge in [-0.1, -0.05) is 13.3 Å². The largest absolute Gasteiger partial charge is 0.361 e. The van der Waals surface area contributed by atoms with Gasteiger partial charge in [-0.05, 0) is 18.8 Å². The molecule has 0 aromatic heterocycles. The van der Waals surface area contributed by atoms with E-state index >= 15 is 0 Å². The first-order valence-corrected chi connectivity index (χ1v) is 5.38. The standard InChI is InChI=1S/C11H16N2O2/c1-8(6-9(14)7-13-12)10-4-2-3-5-11(10)15/h7-8,10H,2-6H2,1H3. The van der Waals surface area contributed by atoms with Gasteiger partial charge in [-0.2, -0.15) is 4.79 Å². The average Bonchev–Trinajstić information content (AvgIpc) is 2.18. The zero-order chi connectivity index (χ0) is 11.3. The second kappa shape index (κ2) is 5.56. The molecule has 0 spiro atoms. The summed E-state index contributed by atoms with van der Waals surface area (Å²) in [6.45, 7) is 1.91. The van der Waals surface area contributed by atoms with E-state index in [9.17, 15) is 9.59 Å². The maximum Gasteiger partial charge on any atom is 0.323 e. The van der Waals surface area contributed by atoms with Crippen molar-refractivity contribution < 1.29 is 14.4 Å². The van der Waals surface area contributed by atoms with E-state index in [2.05, 4.69) is 4.79 Å². The van der Waals surface area contributed by atoms with E-state index in [1.165, 1.54) is 0 Å². The molecule has 4 nitrogen and oxygen atoms in total. The van der Waals surface area contributed by atoms with Gasteiger partial charge in [-0.25, -0.2) is 0 Å². The van der Waals surface area contributed by atoms with Crippen molar-refractivity contribution in [3.8, 4) is 0 Å². The van der Waals surface area contributed by atoms with Gasteiger partial charge in [-0.15, -0.1) is 0 Å². The zero-order valence-electron chi connectivity index (χ0n) is 8.98. The lowest BCUT2D eigenvalue weighted by molar-refractivity contribution is -0.127. The molecule has 0 heterocycles. The molecule has 1 aliphatic carbocycles. The number of Topliss-reactive ketones (excluding diaryl/α,β-unsaturated/α-hetero) is 2. The molecule has 15 heavy (non-hydrogen) atoms. The molecule has 0 bridgehead atoms. The van der Waals surface area contributed by atoms with Crippen molar-refractivity contribution in [2.75, 3.05) is 0 Å². The number of carbonyl (C=O) groups is 2. The normalized spacial score (nSPS) is 23.0. The van der Waals surface area contributed by atoms with E-state index in [1.807, 2.05) is 6.92 Å². The fourth-order valence-corrected chi connectivity index (χ4v) is 2.19. The number of carbonyl (C=O) groups excluding carboxylic acids is 2. The molecule has 0 saturated heterocycles. The number of nitrogens with zero attached hydrogens (tertiary/aromatic N) is 2. The lowest BCUT2D eigenvalue weighted by Crippen LogP contribution is -2.27. The minimum atomic E-state index is -0.219. The predicted octanol–water partition coefficient (Wildman–Crippen LogP) is 1.64. The van der Waals surface area contributed by atoms with Crippen LogP contribution in [0.4, 0.5) is 0 Å². The monoisotopic (exact) mass is 208 g/mol. The van der Waals surface area contributed by atoms with Crippen LogP contribution in [0.1, 0.15) is 39.0 Å². The van der Waals surface area contributed by atoms with E-state index in [1.54, 1.807) is 0 Å². The summed E-state index contributed by atoms with van der Waals surface area (Å²) in [7, 11) is 0. The average molecular weight is 208 g/mol. The second-order valence-corrected chi connectivity index (χ2v) is 4.21. The summed E-state index contributed by atoms with van der Waals surface area (Å²) in [6, 6.07) is 0. The molecule has 0 aromatic carbocycles. The summed E-state index contributed by atoms with van der Waals surface area (Å²) in [6.07, 6.45) is 4.79. The van der Waals surface area contributed by atoms with Gasteiger partial charge in [0.05, 0.1) is 0 Å². The summed E-state index contributed by atoms with van der Waals surface area (Å²) >= 11 is 0. The van der Waals surface area contributed by atoms with E-state index < -0.39 is 0 Å². The molecule has 82 valence electrons. The number of hydrogen-bond donors (Lipinski definition) is 0. The molecule has 1 fully saturated rings. The Hall–Kier alpha value is -1.28. The third-order valence-corrected chi connectivity index (χ3v) is 3.01. The van der Waals surface area contributed by atoms with Crippen LogP contribution in [-0.4, -0.2) is 22.6 Å².